The van der Waals surface area contributed by atoms with E-state index in [4.69, 9.17) is 4.74 Å². The van der Waals surface area contributed by atoms with Crippen LogP contribution in [-0.2, 0) is 13.7 Å². The zero-order chi connectivity index (χ0) is 15.2. The van der Waals surface area contributed by atoms with E-state index in [-0.39, 0.29) is 24.2 Å². The number of nitrogens with zero attached hydrogens (tertiary/aromatic N) is 2. The lowest BCUT2D eigenvalue weighted by Crippen LogP contribution is -2.19. The van der Waals surface area contributed by atoms with Crippen molar-refractivity contribution in [3.8, 4) is 5.75 Å². The van der Waals surface area contributed by atoms with Gasteiger partial charge in [0.1, 0.15) is 6.61 Å². The van der Waals surface area contributed by atoms with Crippen LogP contribution in [0.5, 0.6) is 5.75 Å². The SMILES string of the molecule is CCCNC(C)c1ccc(OCc2ccn(C)n2)c(F)c1. The fourth-order valence-electron chi connectivity index (χ4n) is 2.07. The van der Waals surface area contributed by atoms with Crippen LogP contribution in [0.15, 0.2) is 30.5 Å². The molecule has 0 bridgehead atoms. The van der Waals surface area contributed by atoms with Gasteiger partial charge in [-0.3, -0.25) is 4.68 Å². The number of hydrogen-bond donors (Lipinski definition) is 1. The van der Waals surface area contributed by atoms with Crippen molar-refractivity contribution in [2.75, 3.05) is 6.54 Å². The molecule has 0 aliphatic carbocycles. The van der Waals surface area contributed by atoms with Crippen LogP contribution in [0.2, 0.25) is 0 Å². The lowest BCUT2D eigenvalue weighted by Gasteiger charge is -2.15. The maximum atomic E-state index is 14.1. The van der Waals surface area contributed by atoms with Crippen LogP contribution >= 0.6 is 0 Å². The summed E-state index contributed by atoms with van der Waals surface area (Å²) >= 11 is 0. The molecular formula is C16H22FN3O. The summed E-state index contributed by atoms with van der Waals surface area (Å²) < 4.78 is 21.2. The van der Waals surface area contributed by atoms with Crippen LogP contribution in [0.25, 0.3) is 0 Å². The smallest absolute Gasteiger partial charge is 0.165 e. The minimum atomic E-state index is -0.339. The van der Waals surface area contributed by atoms with Gasteiger partial charge in [-0.25, -0.2) is 4.39 Å². The van der Waals surface area contributed by atoms with Crippen molar-refractivity contribution in [3.05, 3.63) is 47.5 Å². The fraction of sp³-hybridized carbons (Fsp3) is 0.438. The predicted octanol–water partition coefficient (Wildman–Crippen LogP) is 3.20. The zero-order valence-corrected chi connectivity index (χ0v) is 12.8. The van der Waals surface area contributed by atoms with Crippen LogP contribution in [-0.4, -0.2) is 16.3 Å². The number of ether oxygens (including phenoxy) is 1. The summed E-state index contributed by atoms with van der Waals surface area (Å²) in [4.78, 5) is 0. The average molecular weight is 291 g/mol. The Balaban J connectivity index is 1.98. The van der Waals surface area contributed by atoms with Gasteiger partial charge in [0.05, 0.1) is 5.69 Å². The van der Waals surface area contributed by atoms with Gasteiger partial charge in [-0.2, -0.15) is 5.10 Å². The highest BCUT2D eigenvalue weighted by Crippen LogP contribution is 2.22. The maximum Gasteiger partial charge on any atom is 0.165 e. The lowest BCUT2D eigenvalue weighted by molar-refractivity contribution is 0.284. The molecule has 1 unspecified atom stereocenters. The molecule has 0 aliphatic rings. The van der Waals surface area contributed by atoms with Crippen LogP contribution in [0.1, 0.15) is 37.6 Å². The minimum Gasteiger partial charge on any atom is -0.484 e. The highest BCUT2D eigenvalue weighted by Gasteiger charge is 2.10. The summed E-state index contributed by atoms with van der Waals surface area (Å²) in [5.41, 5.74) is 1.70. The predicted molar refractivity (Wildman–Crippen MR) is 80.6 cm³/mol. The van der Waals surface area contributed by atoms with Gasteiger partial charge in [-0.05, 0) is 43.7 Å². The van der Waals surface area contributed by atoms with E-state index in [0.29, 0.717) is 0 Å². The number of benzene rings is 1. The van der Waals surface area contributed by atoms with Crippen molar-refractivity contribution in [1.29, 1.82) is 0 Å². The summed E-state index contributed by atoms with van der Waals surface area (Å²) in [6, 6.07) is 7.08. The number of rotatable bonds is 7. The second kappa shape index (κ2) is 7.22. The molecule has 114 valence electrons. The molecule has 0 fully saturated rings. The first kappa shape index (κ1) is 15.5. The first-order chi connectivity index (χ1) is 10.1. The Kier molecular flexibility index (Phi) is 5.33. The molecule has 1 aromatic carbocycles. The standard InChI is InChI=1S/C16H22FN3O/c1-4-8-18-12(2)13-5-6-16(15(17)10-13)21-11-14-7-9-20(3)19-14/h5-7,9-10,12,18H,4,8,11H2,1-3H3. The number of nitrogens with one attached hydrogen (secondary N) is 1. The highest BCUT2D eigenvalue weighted by atomic mass is 19.1. The van der Waals surface area contributed by atoms with E-state index in [9.17, 15) is 4.39 Å². The van der Waals surface area contributed by atoms with E-state index in [1.165, 1.54) is 6.07 Å². The Bertz CT molecular complexity index is 583. The van der Waals surface area contributed by atoms with Gasteiger partial charge in [0, 0.05) is 19.3 Å². The zero-order valence-electron chi connectivity index (χ0n) is 12.8. The summed E-state index contributed by atoms with van der Waals surface area (Å²) in [7, 11) is 1.84. The van der Waals surface area contributed by atoms with E-state index in [1.54, 1.807) is 10.7 Å². The summed E-state index contributed by atoms with van der Waals surface area (Å²) in [6.07, 6.45) is 2.89. The van der Waals surface area contributed by atoms with Crippen molar-refractivity contribution >= 4 is 0 Å². The van der Waals surface area contributed by atoms with Crippen molar-refractivity contribution in [1.82, 2.24) is 15.1 Å². The summed E-state index contributed by atoms with van der Waals surface area (Å²) in [5.74, 6) is -0.0827. The molecule has 0 saturated carbocycles. The van der Waals surface area contributed by atoms with Crippen LogP contribution in [0, 0.1) is 5.82 Å². The molecule has 2 rings (SSSR count). The molecule has 4 nitrogen and oxygen atoms in total. The Morgan fingerprint density at radius 3 is 2.81 bits per heavy atom. The third-order valence-electron chi connectivity index (χ3n) is 3.30. The van der Waals surface area contributed by atoms with Crippen molar-refractivity contribution in [2.45, 2.75) is 32.9 Å². The minimum absolute atomic E-state index is 0.129. The topological polar surface area (TPSA) is 39.1 Å². The maximum absolute atomic E-state index is 14.1. The van der Waals surface area contributed by atoms with Gasteiger partial charge in [0.25, 0.3) is 0 Å². The van der Waals surface area contributed by atoms with E-state index in [0.717, 1.165) is 24.2 Å². The van der Waals surface area contributed by atoms with Crippen LogP contribution in [0.4, 0.5) is 4.39 Å². The van der Waals surface area contributed by atoms with Crippen molar-refractivity contribution in [2.24, 2.45) is 7.05 Å². The molecule has 1 heterocycles. The molecule has 0 amide bonds. The van der Waals surface area contributed by atoms with Crippen LogP contribution < -0.4 is 10.1 Å². The molecule has 1 atom stereocenters. The third-order valence-corrected chi connectivity index (χ3v) is 3.30. The first-order valence-electron chi connectivity index (χ1n) is 7.24. The van der Waals surface area contributed by atoms with Gasteiger partial charge in [-0.15, -0.1) is 0 Å². The van der Waals surface area contributed by atoms with Gasteiger partial charge in [0.15, 0.2) is 11.6 Å². The lowest BCUT2D eigenvalue weighted by atomic mass is 10.1. The Hall–Kier alpha value is -1.88. The number of aryl methyl sites for hydroxylation is 1. The third kappa shape index (κ3) is 4.29. The molecule has 21 heavy (non-hydrogen) atoms. The summed E-state index contributed by atoms with van der Waals surface area (Å²) in [6.45, 7) is 5.31. The molecule has 0 spiro atoms. The monoisotopic (exact) mass is 291 g/mol. The summed E-state index contributed by atoms with van der Waals surface area (Å²) in [5, 5.41) is 7.53. The van der Waals surface area contributed by atoms with E-state index < -0.39 is 0 Å². The van der Waals surface area contributed by atoms with E-state index in [1.807, 2.05) is 32.3 Å². The molecule has 1 N–H and O–H groups in total. The molecule has 0 saturated heterocycles. The molecule has 0 radical (unpaired) electrons. The second-order valence-electron chi connectivity index (χ2n) is 5.14. The Morgan fingerprint density at radius 2 is 2.19 bits per heavy atom. The second-order valence-corrected chi connectivity index (χ2v) is 5.14. The van der Waals surface area contributed by atoms with Gasteiger partial charge < -0.3 is 10.1 Å². The Labute approximate surface area is 124 Å². The van der Waals surface area contributed by atoms with E-state index in [2.05, 4.69) is 17.3 Å². The molecule has 0 aliphatic heterocycles. The quantitative estimate of drug-likeness (QED) is 0.851. The fourth-order valence-corrected chi connectivity index (χ4v) is 2.07. The van der Waals surface area contributed by atoms with E-state index >= 15 is 0 Å². The normalized spacial score (nSPS) is 12.4. The number of halogens is 1. The van der Waals surface area contributed by atoms with Gasteiger partial charge >= 0.3 is 0 Å². The first-order valence-corrected chi connectivity index (χ1v) is 7.24. The molecule has 5 heteroatoms. The van der Waals surface area contributed by atoms with Gasteiger partial charge in [-0.1, -0.05) is 13.0 Å². The largest absolute Gasteiger partial charge is 0.484 e. The van der Waals surface area contributed by atoms with Crippen molar-refractivity contribution < 1.29 is 9.13 Å². The molecule has 2 aromatic rings. The average Bonchev–Trinajstić information content (AvgIpc) is 2.89. The number of aromatic nitrogens is 2. The molecule has 1 aromatic heterocycles. The molecular weight excluding hydrogens is 269 g/mol. The highest BCUT2D eigenvalue weighted by molar-refractivity contribution is 5.31. The van der Waals surface area contributed by atoms with Gasteiger partial charge in [0.2, 0.25) is 0 Å². The van der Waals surface area contributed by atoms with Crippen molar-refractivity contribution in [3.63, 3.8) is 0 Å². The Morgan fingerprint density at radius 1 is 1.38 bits per heavy atom. The van der Waals surface area contributed by atoms with Crippen LogP contribution in [0.3, 0.4) is 0 Å². The number of hydrogen-bond acceptors (Lipinski definition) is 3.